The molecule has 1 aromatic heterocycles. The first-order chi connectivity index (χ1) is 7.85. The molecular formula is C12H22BrN3O. The summed E-state index contributed by atoms with van der Waals surface area (Å²) < 4.78 is 3.00. The van der Waals surface area contributed by atoms with Crippen molar-refractivity contribution in [3.63, 3.8) is 0 Å². The molecule has 2 atom stereocenters. The highest BCUT2D eigenvalue weighted by atomic mass is 79.9. The largest absolute Gasteiger partial charge is 0.393 e. The second kappa shape index (κ2) is 5.50. The molecule has 0 amide bonds. The molecule has 3 N–H and O–H groups in total. The molecule has 0 aliphatic rings. The predicted molar refractivity (Wildman–Crippen MR) is 72.9 cm³/mol. The van der Waals surface area contributed by atoms with Crippen molar-refractivity contribution >= 4 is 15.9 Å². The van der Waals surface area contributed by atoms with Gasteiger partial charge in [-0.2, -0.15) is 5.10 Å². The fourth-order valence-electron chi connectivity index (χ4n) is 1.81. The lowest BCUT2D eigenvalue weighted by Crippen LogP contribution is -2.40. The number of aliphatic hydroxyl groups is 1. The van der Waals surface area contributed by atoms with E-state index in [0.29, 0.717) is 6.54 Å². The molecule has 1 rings (SSSR count). The Morgan fingerprint density at radius 2 is 2.18 bits per heavy atom. The van der Waals surface area contributed by atoms with Gasteiger partial charge in [-0.05, 0) is 43.1 Å². The maximum Gasteiger partial charge on any atom is 0.0738 e. The number of aliphatic hydroxyl groups excluding tert-OH is 1. The van der Waals surface area contributed by atoms with Crippen LogP contribution in [0, 0.1) is 12.3 Å². The van der Waals surface area contributed by atoms with Crippen molar-refractivity contribution in [3.8, 4) is 0 Å². The van der Waals surface area contributed by atoms with Crippen molar-refractivity contribution in [2.24, 2.45) is 11.1 Å². The van der Waals surface area contributed by atoms with E-state index in [4.69, 9.17) is 5.73 Å². The van der Waals surface area contributed by atoms with Crippen LogP contribution in [0.25, 0.3) is 0 Å². The van der Waals surface area contributed by atoms with E-state index in [2.05, 4.69) is 28.0 Å². The van der Waals surface area contributed by atoms with Crippen molar-refractivity contribution in [2.45, 2.75) is 46.8 Å². The summed E-state index contributed by atoms with van der Waals surface area (Å²) in [6.45, 7) is 9.10. The van der Waals surface area contributed by atoms with E-state index in [-0.39, 0.29) is 5.41 Å². The molecular weight excluding hydrogens is 282 g/mol. The van der Waals surface area contributed by atoms with E-state index >= 15 is 0 Å². The zero-order valence-electron chi connectivity index (χ0n) is 11.0. The molecule has 17 heavy (non-hydrogen) atoms. The van der Waals surface area contributed by atoms with Crippen LogP contribution in [0.3, 0.4) is 0 Å². The Hall–Kier alpha value is -0.390. The van der Waals surface area contributed by atoms with Gasteiger partial charge in [0.2, 0.25) is 0 Å². The molecule has 0 bridgehead atoms. The Kier molecular flexibility index (Phi) is 4.75. The normalized spacial score (nSPS) is 16.9. The number of rotatable bonds is 5. The monoisotopic (exact) mass is 303 g/mol. The molecule has 4 nitrogen and oxygen atoms in total. The van der Waals surface area contributed by atoms with Crippen molar-refractivity contribution in [1.29, 1.82) is 0 Å². The molecule has 0 aliphatic heterocycles. The molecule has 0 saturated carbocycles. The molecule has 98 valence electrons. The number of aryl methyl sites for hydroxylation is 2. The fraction of sp³-hybridized carbons (Fsp3) is 0.750. The van der Waals surface area contributed by atoms with E-state index in [1.807, 2.05) is 18.5 Å². The summed E-state index contributed by atoms with van der Waals surface area (Å²) in [5.41, 5.74) is 7.57. The van der Waals surface area contributed by atoms with E-state index in [0.717, 1.165) is 28.8 Å². The zero-order valence-corrected chi connectivity index (χ0v) is 12.6. The SMILES string of the molecule is CCn1nc(C)c(Br)c1CC(C)(CN)C(C)O. The predicted octanol–water partition coefficient (Wildman–Crippen LogP) is 1.86. The molecule has 5 heteroatoms. The van der Waals surface area contributed by atoms with Gasteiger partial charge in [-0.15, -0.1) is 0 Å². The van der Waals surface area contributed by atoms with Gasteiger partial charge in [0, 0.05) is 18.5 Å². The fourth-order valence-corrected chi connectivity index (χ4v) is 2.23. The average Bonchev–Trinajstić information content (AvgIpc) is 2.56. The summed E-state index contributed by atoms with van der Waals surface area (Å²) in [5, 5.41) is 14.3. The first-order valence-electron chi connectivity index (χ1n) is 5.95. The van der Waals surface area contributed by atoms with Crippen molar-refractivity contribution in [3.05, 3.63) is 15.9 Å². The Balaban J connectivity index is 3.09. The molecule has 0 spiro atoms. The van der Waals surface area contributed by atoms with Gasteiger partial charge in [0.1, 0.15) is 0 Å². The third kappa shape index (κ3) is 2.89. The third-order valence-corrected chi connectivity index (χ3v) is 4.53. The Morgan fingerprint density at radius 1 is 1.59 bits per heavy atom. The number of nitrogens with two attached hydrogens (primary N) is 1. The lowest BCUT2D eigenvalue weighted by Gasteiger charge is -2.31. The third-order valence-electron chi connectivity index (χ3n) is 3.50. The van der Waals surface area contributed by atoms with Crippen LogP contribution in [-0.2, 0) is 13.0 Å². The minimum Gasteiger partial charge on any atom is -0.393 e. The average molecular weight is 304 g/mol. The van der Waals surface area contributed by atoms with Crippen LogP contribution in [0.4, 0.5) is 0 Å². The summed E-state index contributed by atoms with van der Waals surface area (Å²) in [6.07, 6.45) is 0.274. The van der Waals surface area contributed by atoms with E-state index in [1.54, 1.807) is 6.92 Å². The van der Waals surface area contributed by atoms with Crippen molar-refractivity contribution in [1.82, 2.24) is 9.78 Å². The van der Waals surface area contributed by atoms with Crippen LogP contribution >= 0.6 is 15.9 Å². The summed E-state index contributed by atoms with van der Waals surface area (Å²) in [7, 11) is 0. The lowest BCUT2D eigenvalue weighted by atomic mass is 9.80. The van der Waals surface area contributed by atoms with Crippen molar-refractivity contribution in [2.75, 3.05) is 6.54 Å². The van der Waals surface area contributed by atoms with Crippen molar-refractivity contribution < 1.29 is 5.11 Å². The van der Waals surface area contributed by atoms with Gasteiger partial charge in [0.15, 0.2) is 0 Å². The highest BCUT2D eigenvalue weighted by molar-refractivity contribution is 9.10. The minimum atomic E-state index is -0.445. The number of hydrogen-bond donors (Lipinski definition) is 2. The number of aromatic nitrogens is 2. The van der Waals surface area contributed by atoms with E-state index in [1.165, 1.54) is 0 Å². The van der Waals surface area contributed by atoms with Gasteiger partial charge in [-0.3, -0.25) is 4.68 Å². The number of halogens is 1. The standard InChI is InChI=1S/C12H22BrN3O/c1-5-16-10(11(13)8(2)15-16)6-12(4,7-14)9(3)17/h9,17H,5-7,14H2,1-4H3. The maximum absolute atomic E-state index is 9.87. The first kappa shape index (κ1) is 14.7. The summed E-state index contributed by atoms with van der Waals surface area (Å²) in [4.78, 5) is 0. The van der Waals surface area contributed by atoms with Gasteiger partial charge < -0.3 is 10.8 Å². The quantitative estimate of drug-likeness (QED) is 0.873. The molecule has 1 heterocycles. The van der Waals surface area contributed by atoms with Gasteiger partial charge >= 0.3 is 0 Å². The molecule has 0 radical (unpaired) electrons. The second-order valence-corrected chi connectivity index (χ2v) is 5.67. The molecule has 0 aliphatic carbocycles. The van der Waals surface area contributed by atoms with Crippen LogP contribution in [0.1, 0.15) is 32.2 Å². The van der Waals surface area contributed by atoms with Gasteiger partial charge in [0.25, 0.3) is 0 Å². The lowest BCUT2D eigenvalue weighted by molar-refractivity contribution is 0.0572. The number of nitrogens with zero attached hydrogens (tertiary/aromatic N) is 2. The van der Waals surface area contributed by atoms with Crippen LogP contribution < -0.4 is 5.73 Å². The summed E-state index contributed by atoms with van der Waals surface area (Å²) in [6, 6.07) is 0. The smallest absolute Gasteiger partial charge is 0.0738 e. The Bertz CT molecular complexity index is 389. The van der Waals surface area contributed by atoms with E-state index < -0.39 is 6.10 Å². The van der Waals surface area contributed by atoms with Crippen LogP contribution in [0.2, 0.25) is 0 Å². The zero-order chi connectivity index (χ0) is 13.2. The summed E-state index contributed by atoms with van der Waals surface area (Å²) in [5.74, 6) is 0. The van der Waals surface area contributed by atoms with E-state index in [9.17, 15) is 5.11 Å². The minimum absolute atomic E-state index is 0.318. The Labute approximate surface area is 111 Å². The molecule has 0 saturated heterocycles. The van der Waals surface area contributed by atoms with Crippen LogP contribution in [0.5, 0.6) is 0 Å². The molecule has 1 aromatic rings. The second-order valence-electron chi connectivity index (χ2n) is 4.87. The topological polar surface area (TPSA) is 64.1 Å². The van der Waals surface area contributed by atoms with Gasteiger partial charge in [-0.25, -0.2) is 0 Å². The molecule has 0 fully saturated rings. The molecule has 0 aromatic carbocycles. The highest BCUT2D eigenvalue weighted by Crippen LogP contribution is 2.30. The summed E-state index contributed by atoms with van der Waals surface area (Å²) >= 11 is 3.57. The highest BCUT2D eigenvalue weighted by Gasteiger charge is 2.31. The molecule has 2 unspecified atom stereocenters. The maximum atomic E-state index is 9.87. The van der Waals surface area contributed by atoms with Crippen LogP contribution in [0.15, 0.2) is 4.47 Å². The van der Waals surface area contributed by atoms with Gasteiger partial charge in [-0.1, -0.05) is 6.92 Å². The number of hydrogen-bond acceptors (Lipinski definition) is 3. The Morgan fingerprint density at radius 3 is 2.59 bits per heavy atom. The van der Waals surface area contributed by atoms with Crippen LogP contribution in [-0.4, -0.2) is 27.5 Å². The first-order valence-corrected chi connectivity index (χ1v) is 6.75. The van der Waals surface area contributed by atoms with Gasteiger partial charge in [0.05, 0.1) is 22.0 Å².